The van der Waals surface area contributed by atoms with Gasteiger partial charge in [0, 0.05) is 11.1 Å². The highest BCUT2D eigenvalue weighted by Gasteiger charge is 2.07. The van der Waals surface area contributed by atoms with E-state index < -0.39 is 0 Å². The predicted octanol–water partition coefficient (Wildman–Crippen LogP) is 5.07. The number of hydrogen-bond acceptors (Lipinski definition) is 2. The molecule has 0 bridgehead atoms. The van der Waals surface area contributed by atoms with Gasteiger partial charge in [0.05, 0.1) is 5.56 Å². The molecular weight excluding hydrogens is 260 g/mol. The maximum atomic E-state index is 11.0. The molecule has 0 spiro atoms. The molecule has 98 valence electrons. The van der Waals surface area contributed by atoms with Crippen LogP contribution in [0.4, 0.5) is 0 Å². The second-order valence-electron chi connectivity index (χ2n) is 4.63. The van der Waals surface area contributed by atoms with Gasteiger partial charge < -0.3 is 4.74 Å². The normalized spacial score (nSPS) is 10.5. The van der Waals surface area contributed by atoms with Crippen LogP contribution >= 0.6 is 11.6 Å². The van der Waals surface area contributed by atoms with Gasteiger partial charge in [-0.3, -0.25) is 4.79 Å². The fourth-order valence-corrected chi connectivity index (χ4v) is 1.92. The molecule has 2 aromatic carbocycles. The van der Waals surface area contributed by atoms with Gasteiger partial charge in [-0.1, -0.05) is 37.6 Å². The minimum Gasteiger partial charge on any atom is -0.457 e. The van der Waals surface area contributed by atoms with Crippen molar-refractivity contribution >= 4 is 17.9 Å². The summed E-state index contributed by atoms with van der Waals surface area (Å²) < 4.78 is 5.76. The smallest absolute Gasteiger partial charge is 0.153 e. The molecule has 0 heterocycles. The zero-order valence-electron chi connectivity index (χ0n) is 10.9. The molecule has 0 amide bonds. The van der Waals surface area contributed by atoms with Crippen molar-refractivity contribution < 1.29 is 9.53 Å². The third kappa shape index (κ3) is 3.36. The SMILES string of the molecule is CC(C)c1cccc(Oc2cc(Cl)ccc2C=O)c1. The Labute approximate surface area is 118 Å². The summed E-state index contributed by atoms with van der Waals surface area (Å²) in [6.45, 7) is 4.24. The summed E-state index contributed by atoms with van der Waals surface area (Å²) in [7, 11) is 0. The number of halogens is 1. The number of rotatable bonds is 4. The molecule has 0 saturated carbocycles. The maximum absolute atomic E-state index is 11.0. The van der Waals surface area contributed by atoms with Gasteiger partial charge >= 0.3 is 0 Å². The van der Waals surface area contributed by atoms with Crippen LogP contribution in [0.15, 0.2) is 42.5 Å². The van der Waals surface area contributed by atoms with Crippen molar-refractivity contribution in [3.63, 3.8) is 0 Å². The number of carbonyl (C=O) groups excluding carboxylic acids is 1. The topological polar surface area (TPSA) is 26.3 Å². The predicted molar refractivity (Wildman–Crippen MR) is 77.4 cm³/mol. The first-order valence-corrected chi connectivity index (χ1v) is 6.50. The molecule has 2 rings (SSSR count). The van der Waals surface area contributed by atoms with E-state index in [1.807, 2.05) is 18.2 Å². The average molecular weight is 275 g/mol. The number of aldehydes is 1. The van der Waals surface area contributed by atoms with Gasteiger partial charge in [0.15, 0.2) is 6.29 Å². The molecule has 2 nitrogen and oxygen atoms in total. The zero-order chi connectivity index (χ0) is 13.8. The molecular formula is C16H15ClO2. The zero-order valence-corrected chi connectivity index (χ0v) is 11.6. The first-order valence-electron chi connectivity index (χ1n) is 6.12. The van der Waals surface area contributed by atoms with Gasteiger partial charge in [-0.25, -0.2) is 0 Å². The Morgan fingerprint density at radius 3 is 2.63 bits per heavy atom. The monoisotopic (exact) mass is 274 g/mol. The Morgan fingerprint density at radius 1 is 1.16 bits per heavy atom. The van der Waals surface area contributed by atoms with E-state index in [2.05, 4.69) is 19.9 Å². The van der Waals surface area contributed by atoms with Crippen molar-refractivity contribution in [2.24, 2.45) is 0 Å². The van der Waals surface area contributed by atoms with Crippen molar-refractivity contribution in [2.45, 2.75) is 19.8 Å². The summed E-state index contributed by atoms with van der Waals surface area (Å²) in [4.78, 5) is 11.0. The van der Waals surface area contributed by atoms with Crippen LogP contribution in [0.2, 0.25) is 5.02 Å². The largest absolute Gasteiger partial charge is 0.457 e. The number of ether oxygens (including phenoxy) is 1. The quantitative estimate of drug-likeness (QED) is 0.728. The van der Waals surface area contributed by atoms with E-state index in [4.69, 9.17) is 16.3 Å². The second kappa shape index (κ2) is 5.89. The van der Waals surface area contributed by atoms with Crippen molar-refractivity contribution in [2.75, 3.05) is 0 Å². The highest BCUT2D eigenvalue weighted by Crippen LogP contribution is 2.29. The summed E-state index contributed by atoms with van der Waals surface area (Å²) in [6.07, 6.45) is 0.762. The molecule has 0 aliphatic rings. The van der Waals surface area contributed by atoms with Crippen LogP contribution in [0.1, 0.15) is 35.7 Å². The van der Waals surface area contributed by atoms with E-state index >= 15 is 0 Å². The van der Waals surface area contributed by atoms with E-state index in [1.165, 1.54) is 5.56 Å². The summed E-state index contributed by atoms with van der Waals surface area (Å²) in [5.74, 6) is 1.61. The molecule has 19 heavy (non-hydrogen) atoms. The van der Waals surface area contributed by atoms with Crippen molar-refractivity contribution in [1.82, 2.24) is 0 Å². The Kier molecular flexibility index (Phi) is 4.23. The minimum absolute atomic E-state index is 0.424. The standard InChI is InChI=1S/C16H15ClO2/c1-11(2)12-4-3-5-15(8-12)19-16-9-14(17)7-6-13(16)10-18/h3-11H,1-2H3. The lowest BCUT2D eigenvalue weighted by Gasteiger charge is -2.11. The molecule has 0 radical (unpaired) electrons. The molecule has 0 aliphatic heterocycles. The lowest BCUT2D eigenvalue weighted by Crippen LogP contribution is -1.92. The van der Waals surface area contributed by atoms with Gasteiger partial charge in [-0.2, -0.15) is 0 Å². The van der Waals surface area contributed by atoms with Crippen LogP contribution in [-0.4, -0.2) is 6.29 Å². The van der Waals surface area contributed by atoms with Gasteiger partial charge in [0.2, 0.25) is 0 Å². The van der Waals surface area contributed by atoms with Gasteiger partial charge in [0.25, 0.3) is 0 Å². The van der Waals surface area contributed by atoms with E-state index in [0.717, 1.165) is 6.29 Å². The summed E-state index contributed by atoms with van der Waals surface area (Å²) in [5.41, 5.74) is 1.67. The molecule has 0 aromatic heterocycles. The van der Waals surface area contributed by atoms with Gasteiger partial charge in [-0.15, -0.1) is 0 Å². The highest BCUT2D eigenvalue weighted by molar-refractivity contribution is 6.30. The lowest BCUT2D eigenvalue weighted by molar-refractivity contribution is 0.112. The van der Waals surface area contributed by atoms with E-state index in [-0.39, 0.29) is 0 Å². The van der Waals surface area contributed by atoms with Gasteiger partial charge in [-0.05, 0) is 35.7 Å². The second-order valence-corrected chi connectivity index (χ2v) is 5.07. The number of hydrogen-bond donors (Lipinski definition) is 0. The Morgan fingerprint density at radius 2 is 1.95 bits per heavy atom. The van der Waals surface area contributed by atoms with E-state index in [1.54, 1.807) is 18.2 Å². The van der Waals surface area contributed by atoms with Crippen LogP contribution in [0, 0.1) is 0 Å². The summed E-state index contributed by atoms with van der Waals surface area (Å²) in [5, 5.41) is 0.542. The van der Waals surface area contributed by atoms with E-state index in [0.29, 0.717) is 28.0 Å². The minimum atomic E-state index is 0.424. The van der Waals surface area contributed by atoms with Crippen molar-refractivity contribution in [1.29, 1.82) is 0 Å². The lowest BCUT2D eigenvalue weighted by atomic mass is 10.0. The maximum Gasteiger partial charge on any atom is 0.153 e. The Bertz CT molecular complexity index is 591. The van der Waals surface area contributed by atoms with Crippen LogP contribution in [-0.2, 0) is 0 Å². The van der Waals surface area contributed by atoms with Crippen LogP contribution in [0.25, 0.3) is 0 Å². The molecule has 0 unspecified atom stereocenters. The summed E-state index contributed by atoms with van der Waals surface area (Å²) in [6, 6.07) is 12.8. The van der Waals surface area contributed by atoms with Crippen LogP contribution in [0.3, 0.4) is 0 Å². The Balaban J connectivity index is 2.33. The van der Waals surface area contributed by atoms with Crippen LogP contribution in [0.5, 0.6) is 11.5 Å². The molecule has 0 fully saturated rings. The number of carbonyl (C=O) groups is 1. The first kappa shape index (κ1) is 13.6. The fraction of sp³-hybridized carbons (Fsp3) is 0.188. The molecule has 2 aromatic rings. The highest BCUT2D eigenvalue weighted by atomic mass is 35.5. The van der Waals surface area contributed by atoms with Gasteiger partial charge in [0.1, 0.15) is 11.5 Å². The Hall–Kier alpha value is -1.80. The molecule has 0 saturated heterocycles. The van der Waals surface area contributed by atoms with Crippen LogP contribution < -0.4 is 4.74 Å². The third-order valence-corrected chi connectivity index (χ3v) is 3.09. The van der Waals surface area contributed by atoms with E-state index in [9.17, 15) is 4.79 Å². The van der Waals surface area contributed by atoms with Crippen molar-refractivity contribution in [3.8, 4) is 11.5 Å². The molecule has 0 atom stereocenters. The summed E-state index contributed by atoms with van der Waals surface area (Å²) >= 11 is 5.93. The average Bonchev–Trinajstić information content (AvgIpc) is 2.39. The molecule has 0 N–H and O–H groups in total. The molecule has 3 heteroatoms. The fourth-order valence-electron chi connectivity index (χ4n) is 1.76. The third-order valence-electron chi connectivity index (χ3n) is 2.86. The number of benzene rings is 2. The first-order chi connectivity index (χ1) is 9.10. The molecule has 0 aliphatic carbocycles. The van der Waals surface area contributed by atoms with Crippen molar-refractivity contribution in [3.05, 3.63) is 58.6 Å².